The van der Waals surface area contributed by atoms with Crippen LogP contribution in [0.15, 0.2) is 24.3 Å². The Hall–Kier alpha value is 0.130. The third kappa shape index (κ3) is 6.56. The molecule has 0 amide bonds. The first-order valence-corrected chi connectivity index (χ1v) is 5.04. The molecule has 0 unspecified atom stereocenters. The van der Waals surface area contributed by atoms with Gasteiger partial charge in [-0.15, -0.1) is 0 Å². The first-order chi connectivity index (χ1) is 5.47. The number of aryl methyl sites for hydroxylation is 1. The topological polar surface area (TPSA) is 57.2 Å². The van der Waals surface area contributed by atoms with Gasteiger partial charge in [0, 0.05) is 0 Å². The van der Waals surface area contributed by atoms with Crippen molar-refractivity contribution in [2.24, 2.45) is 0 Å². The zero-order chi connectivity index (χ0) is 9.19. The predicted molar refractivity (Wildman–Crippen MR) is 51.3 cm³/mol. The Labute approximate surface area is 108 Å². The van der Waals surface area contributed by atoms with Crippen LogP contribution in [0, 0.1) is 6.92 Å². The molecule has 0 N–H and O–H groups in total. The maximum absolute atomic E-state index is 10.3. The molecule has 1 aromatic carbocycles. The van der Waals surface area contributed by atoms with E-state index in [0.717, 1.165) is 5.56 Å². The van der Waals surface area contributed by atoms with Crippen molar-refractivity contribution in [1.29, 1.82) is 0 Å². The van der Waals surface area contributed by atoms with Crippen LogP contribution < -0.4 is 29.6 Å². The van der Waals surface area contributed by atoms with Crippen LogP contribution >= 0.6 is 0 Å². The number of hydrogen-bond donors (Lipinski definition) is 0. The molecule has 0 atom stereocenters. The monoisotopic (exact) mass is 224 g/mol. The molecule has 74 valence electrons. The summed E-state index contributed by atoms with van der Waals surface area (Å²) in [7, 11) is -4.14. The van der Waals surface area contributed by atoms with E-state index in [1.807, 2.05) is 6.92 Å². The molecule has 1 aromatic rings. The van der Waals surface area contributed by atoms with E-state index in [9.17, 15) is 13.0 Å². The van der Waals surface area contributed by atoms with Gasteiger partial charge in [0.05, 0.1) is 15.9 Å². The van der Waals surface area contributed by atoms with Gasteiger partial charge in [0.1, 0.15) is 0 Å². The van der Waals surface area contributed by atoms with E-state index in [2.05, 4.69) is 0 Å². The minimum absolute atomic E-state index is 0. The summed E-state index contributed by atoms with van der Waals surface area (Å²) in [6.45, 7) is 1.90. The Bertz CT molecular complexity index is 356. The van der Waals surface area contributed by atoms with Crippen LogP contribution in [-0.4, -0.2) is 13.0 Å². The van der Waals surface area contributed by atoms with Crippen molar-refractivity contribution >= 4 is 10.1 Å². The molecule has 5 heteroatoms. The summed E-state index contributed by atoms with van der Waals surface area (Å²) in [4.78, 5) is 0. The second kappa shape index (κ2) is 6.58. The Balaban J connectivity index is 0. The summed E-state index contributed by atoms with van der Waals surface area (Å²) in [5.41, 5.74) is 1.58. The van der Waals surface area contributed by atoms with E-state index in [-0.39, 0.29) is 37.0 Å². The maximum atomic E-state index is 10.3. The fourth-order valence-corrected chi connectivity index (χ4v) is 1.49. The van der Waals surface area contributed by atoms with Crippen molar-refractivity contribution < 1.29 is 42.5 Å². The SMILES string of the molecule is C.Cc1ccc(CS(=O)(=O)[O-])cc1.[Na+]. The molecular formula is C9H13NaO3S. The van der Waals surface area contributed by atoms with Crippen LogP contribution in [0.1, 0.15) is 18.6 Å². The molecule has 0 saturated heterocycles. The van der Waals surface area contributed by atoms with E-state index < -0.39 is 15.9 Å². The predicted octanol–water partition coefficient (Wildman–Crippen LogP) is -1.32. The van der Waals surface area contributed by atoms with Crippen molar-refractivity contribution in [1.82, 2.24) is 0 Å². The Morgan fingerprint density at radius 3 is 2.00 bits per heavy atom. The fraction of sp³-hybridized carbons (Fsp3) is 0.333. The Morgan fingerprint density at radius 2 is 1.64 bits per heavy atom. The number of rotatable bonds is 2. The van der Waals surface area contributed by atoms with Gasteiger partial charge in [0.25, 0.3) is 0 Å². The van der Waals surface area contributed by atoms with Gasteiger partial charge in [-0.3, -0.25) is 0 Å². The summed E-state index contributed by atoms with van der Waals surface area (Å²) < 4.78 is 31.0. The van der Waals surface area contributed by atoms with Gasteiger partial charge in [-0.1, -0.05) is 37.3 Å². The van der Waals surface area contributed by atoms with E-state index in [1.165, 1.54) is 0 Å². The first-order valence-electron chi connectivity index (χ1n) is 3.46. The molecule has 0 spiro atoms. The summed E-state index contributed by atoms with van der Waals surface area (Å²) >= 11 is 0. The average Bonchev–Trinajstić information content (AvgIpc) is 1.91. The molecule has 0 fully saturated rings. The van der Waals surface area contributed by atoms with Crippen LogP contribution in [0.4, 0.5) is 0 Å². The Kier molecular flexibility index (Phi) is 7.79. The molecule has 0 radical (unpaired) electrons. The molecule has 3 nitrogen and oxygen atoms in total. The largest absolute Gasteiger partial charge is 1.00 e. The minimum Gasteiger partial charge on any atom is -0.748 e. The summed E-state index contributed by atoms with van der Waals surface area (Å²) in [6, 6.07) is 6.84. The molecule has 0 aromatic heterocycles. The third-order valence-corrected chi connectivity index (χ3v) is 2.15. The van der Waals surface area contributed by atoms with Crippen molar-refractivity contribution in [3.05, 3.63) is 35.4 Å². The van der Waals surface area contributed by atoms with Crippen molar-refractivity contribution in [2.75, 3.05) is 0 Å². The van der Waals surface area contributed by atoms with Crippen molar-refractivity contribution in [3.8, 4) is 0 Å². The second-order valence-electron chi connectivity index (χ2n) is 2.69. The summed E-state index contributed by atoms with van der Waals surface area (Å²) in [5.74, 6) is -0.423. The average molecular weight is 224 g/mol. The molecule has 0 aliphatic heterocycles. The Morgan fingerprint density at radius 1 is 1.21 bits per heavy atom. The van der Waals surface area contributed by atoms with E-state index in [4.69, 9.17) is 0 Å². The molecule has 0 saturated carbocycles. The van der Waals surface area contributed by atoms with Crippen molar-refractivity contribution in [2.45, 2.75) is 20.1 Å². The van der Waals surface area contributed by atoms with E-state index in [0.29, 0.717) is 5.56 Å². The van der Waals surface area contributed by atoms with Gasteiger partial charge in [0.15, 0.2) is 0 Å². The van der Waals surface area contributed by atoms with Crippen LogP contribution in [0.5, 0.6) is 0 Å². The first kappa shape index (κ1) is 16.6. The van der Waals surface area contributed by atoms with Crippen LogP contribution in [0.3, 0.4) is 0 Å². The molecule has 14 heavy (non-hydrogen) atoms. The molecule has 0 aliphatic rings. The van der Waals surface area contributed by atoms with E-state index >= 15 is 0 Å². The summed E-state index contributed by atoms with van der Waals surface area (Å²) in [5, 5.41) is 0. The van der Waals surface area contributed by atoms with E-state index in [1.54, 1.807) is 24.3 Å². The van der Waals surface area contributed by atoms with Gasteiger partial charge >= 0.3 is 29.6 Å². The van der Waals surface area contributed by atoms with Gasteiger partial charge in [-0.05, 0) is 12.5 Å². The number of hydrogen-bond acceptors (Lipinski definition) is 3. The number of benzene rings is 1. The second-order valence-corrected chi connectivity index (χ2v) is 4.09. The standard InChI is InChI=1S/C8H10O3S.CH4.Na/c1-7-2-4-8(5-3-7)6-12(9,10)11;;/h2-5H,6H2,1H3,(H,9,10,11);1H4;/q;;+1/p-1. The summed E-state index contributed by atoms with van der Waals surface area (Å²) in [6.07, 6.45) is 0. The zero-order valence-electron chi connectivity index (χ0n) is 7.65. The minimum atomic E-state index is -4.14. The quantitative estimate of drug-likeness (QED) is 0.462. The molecule has 0 bridgehead atoms. The molecular weight excluding hydrogens is 211 g/mol. The molecule has 0 heterocycles. The normalized spacial score (nSPS) is 9.86. The van der Waals surface area contributed by atoms with Crippen molar-refractivity contribution in [3.63, 3.8) is 0 Å². The smallest absolute Gasteiger partial charge is 0.748 e. The maximum Gasteiger partial charge on any atom is 1.00 e. The molecule has 1 rings (SSSR count). The van der Waals surface area contributed by atoms with Crippen LogP contribution in [0.2, 0.25) is 0 Å². The van der Waals surface area contributed by atoms with Gasteiger partial charge in [-0.2, -0.15) is 0 Å². The molecule has 0 aliphatic carbocycles. The van der Waals surface area contributed by atoms with Crippen LogP contribution in [0.25, 0.3) is 0 Å². The third-order valence-electron chi connectivity index (χ3n) is 1.46. The van der Waals surface area contributed by atoms with Gasteiger partial charge < -0.3 is 4.55 Å². The van der Waals surface area contributed by atoms with Gasteiger partial charge in [-0.25, -0.2) is 8.42 Å². The fourth-order valence-electron chi connectivity index (χ4n) is 0.888. The van der Waals surface area contributed by atoms with Gasteiger partial charge in [0.2, 0.25) is 0 Å². The zero-order valence-corrected chi connectivity index (χ0v) is 10.5. The van der Waals surface area contributed by atoms with Crippen LogP contribution in [-0.2, 0) is 15.9 Å².